The molecule has 0 aromatic carbocycles. The number of hydrogen-bond acceptors (Lipinski definition) is 3. The van der Waals surface area contributed by atoms with Crippen LogP contribution in [0, 0.1) is 0 Å². The van der Waals surface area contributed by atoms with E-state index in [1.807, 2.05) is 0 Å². The third-order valence-corrected chi connectivity index (χ3v) is 3.00. The van der Waals surface area contributed by atoms with Crippen molar-refractivity contribution in [3.8, 4) is 0 Å². The van der Waals surface area contributed by atoms with Gasteiger partial charge in [-0.3, -0.25) is 4.55 Å². The molecule has 62 valence electrons. The first kappa shape index (κ1) is 9.87. The van der Waals surface area contributed by atoms with Crippen LogP contribution < -0.4 is 5.73 Å². The largest absolute Gasteiger partial charge is 0.324 e. The molecule has 0 heterocycles. The highest BCUT2D eigenvalue weighted by Crippen LogP contribution is 2.11. The molecule has 0 rings (SSSR count). The van der Waals surface area contributed by atoms with Gasteiger partial charge < -0.3 is 5.73 Å². The molecule has 1 unspecified atom stereocenters. The van der Waals surface area contributed by atoms with Gasteiger partial charge in [0, 0.05) is 5.54 Å². The number of hydrogen-bond donors (Lipinski definition) is 2. The predicted octanol–water partition coefficient (Wildman–Crippen LogP) is 0.000000000000000444. The number of rotatable bonds is 2. The maximum atomic E-state index is 10.5. The lowest BCUT2D eigenvalue weighted by molar-refractivity contribution is 0.422. The van der Waals surface area contributed by atoms with Crippen LogP contribution in [0.2, 0.25) is 0 Å². The fraction of sp³-hybridized carbons (Fsp3) is 1.00. The quantitative estimate of drug-likeness (QED) is 0.567. The molecule has 0 spiro atoms. The zero-order chi connectivity index (χ0) is 8.58. The van der Waals surface area contributed by atoms with E-state index in [1.54, 1.807) is 13.8 Å². The molecule has 0 bridgehead atoms. The highest BCUT2D eigenvalue weighted by atomic mass is 32.2. The van der Waals surface area contributed by atoms with Gasteiger partial charge >= 0.3 is 0 Å². The highest BCUT2D eigenvalue weighted by Gasteiger charge is 2.30. The summed E-state index contributed by atoms with van der Waals surface area (Å²) in [5.74, 6) is 0. The molecule has 3 N–H and O–H groups in total. The van der Waals surface area contributed by atoms with Crippen LogP contribution in [0.4, 0.5) is 0 Å². The molecule has 5 heteroatoms. The second-order valence-electron chi connectivity index (χ2n) is 2.98. The van der Waals surface area contributed by atoms with Gasteiger partial charge in [-0.05, 0) is 20.8 Å². The molecule has 0 aromatic heterocycles. The summed E-state index contributed by atoms with van der Waals surface area (Å²) in [6, 6.07) is 0. The first-order valence-corrected chi connectivity index (χ1v) is 4.41. The molecular formula is C5H13NO3S. The van der Waals surface area contributed by atoms with Crippen molar-refractivity contribution < 1.29 is 13.0 Å². The second-order valence-corrected chi connectivity index (χ2v) is 4.72. The summed E-state index contributed by atoms with van der Waals surface area (Å²) >= 11 is 0. The van der Waals surface area contributed by atoms with E-state index in [-0.39, 0.29) is 0 Å². The third kappa shape index (κ3) is 2.64. The monoisotopic (exact) mass is 167 g/mol. The molecule has 0 radical (unpaired) electrons. The van der Waals surface area contributed by atoms with Gasteiger partial charge in [-0.1, -0.05) is 0 Å². The van der Waals surface area contributed by atoms with Gasteiger partial charge in [0.2, 0.25) is 0 Å². The Bertz CT molecular complexity index is 201. The summed E-state index contributed by atoms with van der Waals surface area (Å²) in [6.07, 6.45) is 0. The van der Waals surface area contributed by atoms with E-state index < -0.39 is 20.9 Å². The van der Waals surface area contributed by atoms with Crippen molar-refractivity contribution in [3.05, 3.63) is 0 Å². The van der Waals surface area contributed by atoms with E-state index in [4.69, 9.17) is 10.3 Å². The van der Waals surface area contributed by atoms with Crippen LogP contribution in [0.15, 0.2) is 0 Å². The summed E-state index contributed by atoms with van der Waals surface area (Å²) in [6.45, 7) is 4.46. The molecule has 0 aliphatic heterocycles. The Kier molecular flexibility index (Phi) is 2.45. The lowest BCUT2D eigenvalue weighted by Crippen LogP contribution is -2.47. The van der Waals surface area contributed by atoms with Gasteiger partial charge in [-0.25, -0.2) is 0 Å². The molecular weight excluding hydrogens is 154 g/mol. The maximum Gasteiger partial charge on any atom is 0.269 e. The van der Waals surface area contributed by atoms with Gasteiger partial charge in [-0.15, -0.1) is 0 Å². The van der Waals surface area contributed by atoms with E-state index in [1.165, 1.54) is 6.92 Å². The van der Waals surface area contributed by atoms with Crippen LogP contribution in [-0.2, 0) is 10.1 Å². The average Bonchev–Trinajstić information content (AvgIpc) is 1.59. The molecule has 0 saturated carbocycles. The summed E-state index contributed by atoms with van der Waals surface area (Å²) in [7, 11) is -3.99. The van der Waals surface area contributed by atoms with Crippen LogP contribution >= 0.6 is 0 Å². The summed E-state index contributed by atoms with van der Waals surface area (Å²) < 4.78 is 29.4. The molecule has 1 atom stereocenters. The molecule has 0 fully saturated rings. The van der Waals surface area contributed by atoms with Gasteiger partial charge in [0.15, 0.2) is 0 Å². The second kappa shape index (κ2) is 2.48. The zero-order valence-electron chi connectivity index (χ0n) is 6.33. The summed E-state index contributed by atoms with van der Waals surface area (Å²) in [5, 5.41) is -0.931. The molecule has 4 nitrogen and oxygen atoms in total. The van der Waals surface area contributed by atoms with Crippen molar-refractivity contribution in [2.75, 3.05) is 0 Å². The molecule has 0 aromatic rings. The minimum absolute atomic E-state index is 0.895. The van der Waals surface area contributed by atoms with E-state index in [2.05, 4.69) is 0 Å². The fourth-order valence-corrected chi connectivity index (χ4v) is 1.15. The highest BCUT2D eigenvalue weighted by molar-refractivity contribution is 7.86. The zero-order valence-corrected chi connectivity index (χ0v) is 7.14. The first-order valence-electron chi connectivity index (χ1n) is 2.91. The van der Waals surface area contributed by atoms with Gasteiger partial charge in [0.1, 0.15) is 5.25 Å². The molecule has 0 amide bonds. The molecule has 0 aliphatic carbocycles. The topological polar surface area (TPSA) is 80.4 Å². The SMILES string of the molecule is CC(C(C)(C)N)S(=O)(=O)O. The van der Waals surface area contributed by atoms with E-state index >= 15 is 0 Å². The summed E-state index contributed by atoms with van der Waals surface area (Å²) in [4.78, 5) is 0. The van der Waals surface area contributed by atoms with E-state index in [0.29, 0.717) is 0 Å². The van der Waals surface area contributed by atoms with Crippen molar-refractivity contribution in [1.29, 1.82) is 0 Å². The predicted molar refractivity (Wildman–Crippen MR) is 39.3 cm³/mol. The average molecular weight is 167 g/mol. The molecule has 0 saturated heterocycles. The first-order chi connectivity index (χ1) is 4.15. The Labute approximate surface area is 61.2 Å². The fourth-order valence-electron chi connectivity index (χ4n) is 0.384. The van der Waals surface area contributed by atoms with E-state index in [9.17, 15) is 8.42 Å². The van der Waals surface area contributed by atoms with Crippen molar-refractivity contribution >= 4 is 10.1 Å². The minimum Gasteiger partial charge on any atom is -0.324 e. The Morgan fingerprint density at radius 2 is 1.80 bits per heavy atom. The molecule has 0 aliphatic rings. The van der Waals surface area contributed by atoms with E-state index in [0.717, 1.165) is 0 Å². The van der Waals surface area contributed by atoms with Crippen LogP contribution in [0.1, 0.15) is 20.8 Å². The Balaban J connectivity index is 4.56. The normalized spacial score (nSPS) is 16.9. The van der Waals surface area contributed by atoms with Crippen molar-refractivity contribution in [2.24, 2.45) is 5.73 Å². The van der Waals surface area contributed by atoms with Gasteiger partial charge in [0.05, 0.1) is 0 Å². The van der Waals surface area contributed by atoms with Crippen molar-refractivity contribution in [3.63, 3.8) is 0 Å². The van der Waals surface area contributed by atoms with Gasteiger partial charge in [-0.2, -0.15) is 8.42 Å². The molecule has 10 heavy (non-hydrogen) atoms. The van der Waals surface area contributed by atoms with Crippen LogP contribution in [0.5, 0.6) is 0 Å². The third-order valence-electron chi connectivity index (χ3n) is 1.49. The van der Waals surface area contributed by atoms with Crippen molar-refractivity contribution in [1.82, 2.24) is 0 Å². The Morgan fingerprint density at radius 3 is 1.80 bits per heavy atom. The Morgan fingerprint density at radius 1 is 1.50 bits per heavy atom. The Hall–Kier alpha value is -0.130. The maximum absolute atomic E-state index is 10.5. The summed E-state index contributed by atoms with van der Waals surface area (Å²) in [5.41, 5.74) is 4.53. The standard InChI is InChI=1S/C5H13NO3S/c1-4(5(2,3)6)10(7,8)9/h4H,6H2,1-3H3,(H,7,8,9). The minimum atomic E-state index is -3.99. The van der Waals surface area contributed by atoms with Crippen LogP contribution in [0.3, 0.4) is 0 Å². The van der Waals surface area contributed by atoms with Crippen LogP contribution in [-0.4, -0.2) is 23.8 Å². The van der Waals surface area contributed by atoms with Gasteiger partial charge in [0.25, 0.3) is 10.1 Å². The lowest BCUT2D eigenvalue weighted by Gasteiger charge is -2.23. The number of nitrogens with two attached hydrogens (primary N) is 1. The van der Waals surface area contributed by atoms with Crippen molar-refractivity contribution in [2.45, 2.75) is 31.6 Å². The van der Waals surface area contributed by atoms with Crippen LogP contribution in [0.25, 0.3) is 0 Å². The smallest absolute Gasteiger partial charge is 0.269 e. The lowest BCUT2D eigenvalue weighted by atomic mass is 10.0.